The van der Waals surface area contributed by atoms with Gasteiger partial charge in [0.05, 0.1) is 18.9 Å². The van der Waals surface area contributed by atoms with Crippen molar-refractivity contribution < 1.29 is 8.42 Å². The van der Waals surface area contributed by atoms with Gasteiger partial charge in [0.1, 0.15) is 10.7 Å². The normalized spacial score (nSPS) is 12.0. The monoisotopic (exact) mass is 301 g/mol. The molecule has 2 aromatic rings. The summed E-state index contributed by atoms with van der Waals surface area (Å²) in [7, 11) is -0.382. The number of hydrogen-bond donors (Lipinski definition) is 0. The Morgan fingerprint density at radius 3 is 2.47 bits per heavy atom. The molecule has 0 fully saturated rings. The van der Waals surface area contributed by atoms with Gasteiger partial charge in [-0.25, -0.2) is 23.4 Å². The number of sulfonamides is 1. The highest BCUT2D eigenvalue weighted by Crippen LogP contribution is 2.15. The molecule has 19 heavy (non-hydrogen) atoms. The first kappa shape index (κ1) is 13.9. The van der Waals surface area contributed by atoms with Crippen LogP contribution < -0.4 is 0 Å². The minimum absolute atomic E-state index is 0.00528. The van der Waals surface area contributed by atoms with Crippen LogP contribution in [0, 0.1) is 0 Å². The third-order valence-corrected chi connectivity index (χ3v) is 4.54. The van der Waals surface area contributed by atoms with E-state index in [0.717, 1.165) is 0 Å². The molecule has 0 aliphatic rings. The van der Waals surface area contributed by atoms with Gasteiger partial charge in [-0.05, 0) is 11.6 Å². The van der Waals surface area contributed by atoms with Crippen molar-refractivity contribution in [2.75, 3.05) is 7.05 Å². The fourth-order valence-electron chi connectivity index (χ4n) is 1.45. The molecule has 0 N–H and O–H groups in total. The van der Waals surface area contributed by atoms with Gasteiger partial charge in [-0.1, -0.05) is 0 Å². The molecule has 0 aromatic carbocycles. The molecule has 0 atom stereocenters. The standard InChI is InChI=1S/C10H12ClN5O2S/c1-15-4-3-12-9(15)7-16(2)19(17,18)8-5-13-10(11)14-6-8/h3-6H,7H2,1-2H3. The van der Waals surface area contributed by atoms with Gasteiger partial charge in [0.15, 0.2) is 0 Å². The van der Waals surface area contributed by atoms with Crippen molar-refractivity contribution in [3.05, 3.63) is 35.9 Å². The van der Waals surface area contributed by atoms with Gasteiger partial charge in [0.25, 0.3) is 0 Å². The third kappa shape index (κ3) is 2.91. The Bertz CT molecular complexity index is 667. The lowest BCUT2D eigenvalue weighted by molar-refractivity contribution is 0.450. The Balaban J connectivity index is 2.24. The second-order valence-electron chi connectivity index (χ2n) is 3.90. The van der Waals surface area contributed by atoms with E-state index in [-0.39, 0.29) is 16.7 Å². The predicted octanol–water partition coefficient (Wildman–Crippen LogP) is 0.684. The first-order chi connectivity index (χ1) is 8.91. The molecule has 0 bridgehead atoms. The summed E-state index contributed by atoms with van der Waals surface area (Å²) in [4.78, 5) is 11.4. The summed E-state index contributed by atoms with van der Waals surface area (Å²) in [5.74, 6) is 0.640. The van der Waals surface area contributed by atoms with Crippen molar-refractivity contribution in [3.63, 3.8) is 0 Å². The van der Waals surface area contributed by atoms with E-state index in [1.54, 1.807) is 24.0 Å². The number of halogens is 1. The predicted molar refractivity (Wildman–Crippen MR) is 68.9 cm³/mol. The van der Waals surface area contributed by atoms with E-state index in [9.17, 15) is 8.42 Å². The van der Waals surface area contributed by atoms with Crippen molar-refractivity contribution in [2.45, 2.75) is 11.4 Å². The number of rotatable bonds is 4. The van der Waals surface area contributed by atoms with Gasteiger partial charge in [-0.2, -0.15) is 4.31 Å². The summed E-state index contributed by atoms with van der Waals surface area (Å²) >= 11 is 5.53. The van der Waals surface area contributed by atoms with Crippen molar-refractivity contribution in [3.8, 4) is 0 Å². The van der Waals surface area contributed by atoms with Crippen LogP contribution in [0.3, 0.4) is 0 Å². The fourth-order valence-corrected chi connectivity index (χ4v) is 2.56. The molecule has 0 saturated carbocycles. The van der Waals surface area contributed by atoms with Gasteiger partial charge in [0.2, 0.25) is 15.3 Å². The molecule has 0 spiro atoms. The number of hydrogen-bond acceptors (Lipinski definition) is 5. The zero-order chi connectivity index (χ0) is 14.0. The molecule has 0 aliphatic carbocycles. The molecular weight excluding hydrogens is 290 g/mol. The summed E-state index contributed by atoms with van der Waals surface area (Å²) in [5.41, 5.74) is 0. The van der Waals surface area contributed by atoms with Crippen LogP contribution in [0.1, 0.15) is 5.82 Å². The number of aromatic nitrogens is 4. The SMILES string of the molecule is CN(Cc1nccn1C)S(=O)(=O)c1cnc(Cl)nc1. The van der Waals surface area contributed by atoms with Crippen molar-refractivity contribution >= 4 is 21.6 Å². The van der Waals surface area contributed by atoms with E-state index in [0.29, 0.717) is 5.82 Å². The van der Waals surface area contributed by atoms with Crippen LogP contribution in [-0.4, -0.2) is 39.3 Å². The maximum absolute atomic E-state index is 12.2. The highest BCUT2D eigenvalue weighted by atomic mass is 35.5. The van der Waals surface area contributed by atoms with Gasteiger partial charge >= 0.3 is 0 Å². The second kappa shape index (κ2) is 5.24. The van der Waals surface area contributed by atoms with E-state index in [2.05, 4.69) is 15.0 Å². The van der Waals surface area contributed by atoms with E-state index < -0.39 is 10.0 Å². The molecule has 9 heteroatoms. The summed E-state index contributed by atoms with van der Waals surface area (Å²) in [6.07, 6.45) is 5.72. The van der Waals surface area contributed by atoms with E-state index in [4.69, 9.17) is 11.6 Å². The zero-order valence-electron chi connectivity index (χ0n) is 10.4. The smallest absolute Gasteiger partial charge is 0.246 e. The van der Waals surface area contributed by atoms with Crippen molar-refractivity contribution in [2.24, 2.45) is 7.05 Å². The lowest BCUT2D eigenvalue weighted by atomic mass is 10.6. The molecule has 0 aliphatic heterocycles. The van der Waals surface area contributed by atoms with Gasteiger partial charge in [-0.3, -0.25) is 0 Å². The number of imidazole rings is 1. The third-order valence-electron chi connectivity index (χ3n) is 2.59. The van der Waals surface area contributed by atoms with Crippen LogP contribution >= 0.6 is 11.6 Å². The lowest BCUT2D eigenvalue weighted by Gasteiger charge is -2.16. The Morgan fingerprint density at radius 1 is 1.32 bits per heavy atom. The fraction of sp³-hybridized carbons (Fsp3) is 0.300. The number of aryl methyl sites for hydroxylation is 1. The van der Waals surface area contributed by atoms with Gasteiger partial charge in [0, 0.05) is 26.5 Å². The molecule has 2 aromatic heterocycles. The summed E-state index contributed by atoms with van der Waals surface area (Å²) in [5, 5.41) is 0.00528. The number of nitrogens with zero attached hydrogens (tertiary/aromatic N) is 5. The zero-order valence-corrected chi connectivity index (χ0v) is 11.9. The highest BCUT2D eigenvalue weighted by Gasteiger charge is 2.22. The molecule has 2 rings (SSSR count). The largest absolute Gasteiger partial charge is 0.337 e. The molecule has 2 heterocycles. The Kier molecular flexibility index (Phi) is 3.83. The van der Waals surface area contributed by atoms with Crippen molar-refractivity contribution in [1.29, 1.82) is 0 Å². The quantitative estimate of drug-likeness (QED) is 0.776. The summed E-state index contributed by atoms with van der Waals surface area (Å²) < 4.78 is 27.4. The van der Waals surface area contributed by atoms with Crippen LogP contribution in [0.4, 0.5) is 0 Å². The molecular formula is C10H12ClN5O2S. The van der Waals surface area contributed by atoms with Crippen LogP contribution in [0.5, 0.6) is 0 Å². The average Bonchev–Trinajstić information content (AvgIpc) is 2.75. The maximum atomic E-state index is 12.2. The lowest BCUT2D eigenvalue weighted by Crippen LogP contribution is -2.28. The van der Waals surface area contributed by atoms with Crippen molar-refractivity contribution in [1.82, 2.24) is 23.8 Å². The van der Waals surface area contributed by atoms with Gasteiger partial charge in [-0.15, -0.1) is 0 Å². The Morgan fingerprint density at radius 2 is 1.95 bits per heavy atom. The average molecular weight is 302 g/mol. The first-order valence-electron chi connectivity index (χ1n) is 5.31. The summed E-state index contributed by atoms with van der Waals surface area (Å²) in [6, 6.07) is 0. The first-order valence-corrected chi connectivity index (χ1v) is 7.13. The van der Waals surface area contributed by atoms with Crippen LogP contribution in [0.25, 0.3) is 0 Å². The van der Waals surface area contributed by atoms with Crippen LogP contribution in [-0.2, 0) is 23.6 Å². The Hall–Kier alpha value is -1.51. The maximum Gasteiger partial charge on any atom is 0.246 e. The molecule has 0 amide bonds. The Labute approximate surface area is 115 Å². The van der Waals surface area contributed by atoms with E-state index in [1.165, 1.54) is 23.7 Å². The van der Waals surface area contributed by atoms with Crippen LogP contribution in [0.15, 0.2) is 29.7 Å². The van der Waals surface area contributed by atoms with E-state index in [1.807, 2.05) is 0 Å². The molecule has 102 valence electrons. The minimum Gasteiger partial charge on any atom is -0.337 e. The van der Waals surface area contributed by atoms with Gasteiger partial charge < -0.3 is 4.57 Å². The highest BCUT2D eigenvalue weighted by molar-refractivity contribution is 7.89. The molecule has 7 nitrogen and oxygen atoms in total. The molecule has 0 saturated heterocycles. The second-order valence-corrected chi connectivity index (χ2v) is 6.29. The minimum atomic E-state index is -3.65. The van der Waals surface area contributed by atoms with E-state index >= 15 is 0 Å². The topological polar surface area (TPSA) is 81.0 Å². The molecule has 0 unspecified atom stereocenters. The molecule has 0 radical (unpaired) electrons. The summed E-state index contributed by atoms with van der Waals surface area (Å²) in [6.45, 7) is 0.161. The van der Waals surface area contributed by atoms with Crippen LogP contribution in [0.2, 0.25) is 5.28 Å².